The zero-order chi connectivity index (χ0) is 21.8. The van der Waals surface area contributed by atoms with E-state index in [2.05, 4.69) is 33.6 Å². The van der Waals surface area contributed by atoms with Crippen LogP contribution in [0.3, 0.4) is 0 Å². The van der Waals surface area contributed by atoms with Crippen LogP contribution in [0.25, 0.3) is 4.96 Å². The van der Waals surface area contributed by atoms with Crippen LogP contribution in [0.2, 0.25) is 5.02 Å². The molecular weight excluding hydrogens is 454 g/mol. The van der Waals surface area contributed by atoms with Gasteiger partial charge in [-0.1, -0.05) is 49.3 Å². The number of ether oxygens (including phenoxy) is 1. The first-order valence-corrected chi connectivity index (χ1v) is 12.2. The molecule has 0 saturated heterocycles. The third kappa shape index (κ3) is 4.78. The van der Waals surface area contributed by atoms with E-state index in [0.717, 1.165) is 29.5 Å². The number of rotatable bonds is 9. The van der Waals surface area contributed by atoms with E-state index in [0.29, 0.717) is 21.5 Å². The van der Waals surface area contributed by atoms with Gasteiger partial charge in [0.1, 0.15) is 12.4 Å². The van der Waals surface area contributed by atoms with Crippen molar-refractivity contribution in [2.45, 2.75) is 50.2 Å². The number of para-hydroxylation sites is 1. The Labute approximate surface area is 193 Å². The number of thiazole rings is 1. The van der Waals surface area contributed by atoms with Crippen molar-refractivity contribution in [3.63, 3.8) is 0 Å². The summed E-state index contributed by atoms with van der Waals surface area (Å²) in [4.78, 5) is 17.5. The zero-order valence-corrected chi connectivity index (χ0v) is 19.6. The molecule has 0 saturated carbocycles. The van der Waals surface area contributed by atoms with Gasteiger partial charge >= 0.3 is 0 Å². The van der Waals surface area contributed by atoms with Crippen molar-refractivity contribution < 1.29 is 4.74 Å². The smallest absolute Gasteiger partial charge is 0.258 e. The highest BCUT2D eigenvalue weighted by molar-refractivity contribution is 7.98. The van der Waals surface area contributed by atoms with Crippen LogP contribution in [0.1, 0.15) is 44.2 Å². The number of nitrogens with zero attached hydrogens (tertiary/aromatic N) is 5. The van der Waals surface area contributed by atoms with E-state index < -0.39 is 0 Å². The molecule has 0 unspecified atom stereocenters. The first-order chi connectivity index (χ1) is 15.1. The van der Waals surface area contributed by atoms with E-state index in [4.69, 9.17) is 16.3 Å². The quantitative estimate of drug-likeness (QED) is 0.308. The van der Waals surface area contributed by atoms with Crippen molar-refractivity contribution in [3.05, 3.63) is 68.8 Å². The van der Waals surface area contributed by atoms with Gasteiger partial charge in [0.15, 0.2) is 15.9 Å². The lowest BCUT2D eigenvalue weighted by atomic mass is 10.2. The number of aromatic nitrogens is 5. The highest BCUT2D eigenvalue weighted by atomic mass is 35.5. The fraction of sp³-hybridized carbons (Fsp3) is 0.333. The number of hydrogen-bond acceptors (Lipinski definition) is 7. The van der Waals surface area contributed by atoms with Crippen LogP contribution in [0.5, 0.6) is 5.75 Å². The summed E-state index contributed by atoms with van der Waals surface area (Å²) in [7, 11) is 0. The van der Waals surface area contributed by atoms with Crippen LogP contribution in [0, 0.1) is 0 Å². The van der Waals surface area contributed by atoms with Gasteiger partial charge in [0, 0.05) is 29.4 Å². The van der Waals surface area contributed by atoms with Crippen LogP contribution in [0.15, 0.2) is 51.9 Å². The molecule has 0 aliphatic heterocycles. The molecule has 0 fully saturated rings. The second-order valence-electron chi connectivity index (χ2n) is 6.89. The minimum absolute atomic E-state index is 0.0721. The molecule has 4 rings (SSSR count). The summed E-state index contributed by atoms with van der Waals surface area (Å²) in [5.74, 6) is 1.90. The highest BCUT2D eigenvalue weighted by Gasteiger charge is 2.20. The molecule has 0 amide bonds. The Hall–Kier alpha value is -2.36. The van der Waals surface area contributed by atoms with Crippen LogP contribution in [-0.4, -0.2) is 24.1 Å². The molecule has 3 aromatic heterocycles. The Morgan fingerprint density at radius 2 is 2.03 bits per heavy atom. The van der Waals surface area contributed by atoms with Gasteiger partial charge in [0.2, 0.25) is 0 Å². The Morgan fingerprint density at radius 3 is 2.81 bits per heavy atom. The van der Waals surface area contributed by atoms with Gasteiger partial charge in [0.05, 0.1) is 10.7 Å². The standard InChI is InChI=1S/C21H22ClN5O2S2/c1-3-15(4-2)27-18(12-29-17-8-6-5-7-16(17)22)24-25-21(27)31-13-14-11-19(28)26-9-10-30-20(26)23-14/h5-11,15H,3-4,12-13H2,1-2H3. The van der Waals surface area contributed by atoms with Gasteiger partial charge in [-0.05, 0) is 25.0 Å². The molecule has 10 heteroatoms. The fourth-order valence-corrected chi connectivity index (χ4v) is 5.18. The normalized spacial score (nSPS) is 11.5. The van der Waals surface area contributed by atoms with Gasteiger partial charge in [0.25, 0.3) is 5.56 Å². The molecule has 3 heterocycles. The first kappa shape index (κ1) is 21.9. The third-order valence-corrected chi connectivity index (χ3v) is 6.99. The van der Waals surface area contributed by atoms with Crippen LogP contribution in [-0.2, 0) is 12.4 Å². The molecule has 4 aromatic rings. The molecule has 0 radical (unpaired) electrons. The van der Waals surface area contributed by atoms with E-state index in [9.17, 15) is 4.79 Å². The number of halogens is 1. The summed E-state index contributed by atoms with van der Waals surface area (Å²) in [6.07, 6.45) is 3.63. The third-order valence-electron chi connectivity index (χ3n) is 4.94. The average molecular weight is 476 g/mol. The SMILES string of the molecule is CCC(CC)n1c(COc2ccccc2Cl)nnc1SCc1cc(=O)n2ccsc2n1. The topological polar surface area (TPSA) is 74.3 Å². The van der Waals surface area contributed by atoms with Crippen molar-refractivity contribution in [3.8, 4) is 5.75 Å². The lowest BCUT2D eigenvalue weighted by Crippen LogP contribution is -2.15. The first-order valence-electron chi connectivity index (χ1n) is 10.00. The lowest BCUT2D eigenvalue weighted by Gasteiger charge is -2.19. The van der Waals surface area contributed by atoms with Crippen molar-refractivity contribution in [2.75, 3.05) is 0 Å². The largest absolute Gasteiger partial charge is 0.484 e. The second kappa shape index (κ2) is 9.84. The zero-order valence-electron chi connectivity index (χ0n) is 17.2. The minimum Gasteiger partial charge on any atom is -0.484 e. The van der Waals surface area contributed by atoms with E-state index in [1.54, 1.807) is 22.7 Å². The molecule has 31 heavy (non-hydrogen) atoms. The Bertz CT molecular complexity index is 1230. The van der Waals surface area contributed by atoms with Crippen LogP contribution < -0.4 is 10.3 Å². The number of fused-ring (bicyclic) bond motifs is 1. The summed E-state index contributed by atoms with van der Waals surface area (Å²) in [5.41, 5.74) is 0.655. The van der Waals surface area contributed by atoms with E-state index in [-0.39, 0.29) is 18.2 Å². The van der Waals surface area contributed by atoms with Crippen molar-refractivity contribution >= 4 is 39.7 Å². The van der Waals surface area contributed by atoms with Gasteiger partial charge in [-0.15, -0.1) is 21.5 Å². The molecule has 0 N–H and O–H groups in total. The average Bonchev–Trinajstić information content (AvgIpc) is 3.40. The van der Waals surface area contributed by atoms with Gasteiger partial charge < -0.3 is 9.30 Å². The molecule has 0 aliphatic carbocycles. The Balaban J connectivity index is 1.56. The van der Waals surface area contributed by atoms with Crippen LogP contribution in [0.4, 0.5) is 0 Å². The summed E-state index contributed by atoms with van der Waals surface area (Å²) in [6, 6.07) is 9.20. The van der Waals surface area contributed by atoms with E-state index in [1.165, 1.54) is 23.1 Å². The van der Waals surface area contributed by atoms with E-state index >= 15 is 0 Å². The van der Waals surface area contributed by atoms with Gasteiger partial charge in [-0.25, -0.2) is 4.98 Å². The number of thioether (sulfide) groups is 1. The highest BCUT2D eigenvalue weighted by Crippen LogP contribution is 2.29. The Kier molecular flexibility index (Phi) is 6.94. The van der Waals surface area contributed by atoms with Crippen LogP contribution >= 0.6 is 34.7 Å². The maximum atomic E-state index is 12.3. The maximum Gasteiger partial charge on any atom is 0.258 e. The van der Waals surface area contributed by atoms with Crippen molar-refractivity contribution in [2.24, 2.45) is 0 Å². The molecular formula is C21H22ClN5O2S2. The second-order valence-corrected chi connectivity index (χ2v) is 9.11. The molecule has 7 nitrogen and oxygen atoms in total. The van der Waals surface area contributed by atoms with Gasteiger partial charge in [-0.2, -0.15) is 0 Å². The molecule has 162 valence electrons. The van der Waals surface area contributed by atoms with Crippen molar-refractivity contribution in [1.82, 2.24) is 24.1 Å². The molecule has 0 atom stereocenters. The predicted molar refractivity (Wildman–Crippen MR) is 124 cm³/mol. The van der Waals surface area contributed by atoms with Crippen molar-refractivity contribution in [1.29, 1.82) is 0 Å². The summed E-state index contributed by atoms with van der Waals surface area (Å²) in [5, 5.41) is 12.0. The molecule has 0 aliphatic rings. The fourth-order valence-electron chi connectivity index (χ4n) is 3.33. The predicted octanol–water partition coefficient (Wildman–Crippen LogP) is 5.23. The number of hydrogen-bond donors (Lipinski definition) is 0. The molecule has 0 spiro atoms. The Morgan fingerprint density at radius 1 is 1.23 bits per heavy atom. The summed E-state index contributed by atoms with van der Waals surface area (Å²) < 4.78 is 9.60. The van der Waals surface area contributed by atoms with E-state index in [1.807, 2.05) is 23.6 Å². The maximum absolute atomic E-state index is 12.3. The minimum atomic E-state index is -0.0721. The lowest BCUT2D eigenvalue weighted by molar-refractivity contribution is 0.278. The summed E-state index contributed by atoms with van der Waals surface area (Å²) >= 11 is 9.18. The number of benzene rings is 1. The monoisotopic (exact) mass is 475 g/mol. The van der Waals surface area contributed by atoms with Gasteiger partial charge in [-0.3, -0.25) is 9.20 Å². The molecule has 0 bridgehead atoms. The molecule has 1 aromatic carbocycles. The summed E-state index contributed by atoms with van der Waals surface area (Å²) in [6.45, 7) is 4.57.